The molecule has 2 heterocycles. The van der Waals surface area contributed by atoms with Gasteiger partial charge in [-0.05, 0) is 31.4 Å². The van der Waals surface area contributed by atoms with Gasteiger partial charge in [-0.1, -0.05) is 12.1 Å². The van der Waals surface area contributed by atoms with Gasteiger partial charge in [0.1, 0.15) is 0 Å². The molecule has 18 heavy (non-hydrogen) atoms. The van der Waals surface area contributed by atoms with Crippen molar-refractivity contribution >= 4 is 16.7 Å². The fraction of sp³-hybridized carbons (Fsp3) is 0.400. The summed E-state index contributed by atoms with van der Waals surface area (Å²) in [6.07, 6.45) is 3.55. The van der Waals surface area contributed by atoms with Crippen LogP contribution in [0, 0.1) is 12.8 Å². The normalized spacial score (nSPS) is 17.2. The molecule has 3 nitrogen and oxygen atoms in total. The molecule has 1 aliphatic rings. The maximum absolute atomic E-state index is 12.6. The Morgan fingerprint density at radius 1 is 1.33 bits per heavy atom. The van der Waals surface area contributed by atoms with E-state index in [-0.39, 0.29) is 11.7 Å². The number of rotatable bonds is 2. The van der Waals surface area contributed by atoms with Gasteiger partial charge in [-0.25, -0.2) is 0 Å². The molecule has 1 aromatic carbocycles. The molecule has 0 aliphatic carbocycles. The zero-order valence-corrected chi connectivity index (χ0v) is 10.5. The van der Waals surface area contributed by atoms with Gasteiger partial charge in [0, 0.05) is 41.8 Å². The van der Waals surface area contributed by atoms with E-state index in [0.717, 1.165) is 34.9 Å². The van der Waals surface area contributed by atoms with Crippen LogP contribution in [0.3, 0.4) is 0 Å². The molecule has 1 aromatic heterocycles. The highest BCUT2D eigenvalue weighted by Gasteiger charge is 2.25. The Morgan fingerprint density at radius 2 is 2.11 bits per heavy atom. The lowest BCUT2D eigenvalue weighted by Gasteiger charge is -2.20. The van der Waals surface area contributed by atoms with Crippen molar-refractivity contribution in [2.24, 2.45) is 5.92 Å². The second kappa shape index (κ2) is 4.58. The van der Waals surface area contributed by atoms with E-state index in [1.165, 1.54) is 0 Å². The van der Waals surface area contributed by atoms with Gasteiger partial charge in [0.15, 0.2) is 5.78 Å². The van der Waals surface area contributed by atoms with Gasteiger partial charge < -0.3 is 9.72 Å². The average Bonchev–Trinajstić information content (AvgIpc) is 2.84. The number of carbonyl (C=O) groups excluding carboxylic acids is 1. The molecule has 1 aliphatic heterocycles. The Kier molecular flexibility index (Phi) is 2.92. The van der Waals surface area contributed by atoms with Crippen LogP contribution >= 0.6 is 0 Å². The Hall–Kier alpha value is -1.61. The maximum atomic E-state index is 12.6. The summed E-state index contributed by atoms with van der Waals surface area (Å²) in [6, 6.07) is 6.08. The van der Waals surface area contributed by atoms with E-state index in [1.807, 2.05) is 18.3 Å². The van der Waals surface area contributed by atoms with Gasteiger partial charge in [0.05, 0.1) is 0 Å². The van der Waals surface area contributed by atoms with E-state index in [0.29, 0.717) is 13.2 Å². The van der Waals surface area contributed by atoms with Crippen LogP contribution in [0.2, 0.25) is 0 Å². The first kappa shape index (κ1) is 11.5. The minimum atomic E-state index is 0.123. The number of aromatic amines is 1. The smallest absolute Gasteiger partial charge is 0.168 e. The largest absolute Gasteiger partial charge is 0.381 e. The van der Waals surface area contributed by atoms with Crippen molar-refractivity contribution in [1.29, 1.82) is 0 Å². The SMILES string of the molecule is Cc1cccc2[nH]cc(C(=O)C3CCOCC3)c12. The van der Waals surface area contributed by atoms with E-state index >= 15 is 0 Å². The molecular formula is C15H17NO2. The Morgan fingerprint density at radius 3 is 2.89 bits per heavy atom. The van der Waals surface area contributed by atoms with E-state index in [9.17, 15) is 4.79 Å². The number of aromatic nitrogens is 1. The van der Waals surface area contributed by atoms with Crippen molar-refractivity contribution in [2.45, 2.75) is 19.8 Å². The van der Waals surface area contributed by atoms with Crippen LogP contribution in [-0.4, -0.2) is 24.0 Å². The highest BCUT2D eigenvalue weighted by atomic mass is 16.5. The Bertz CT molecular complexity index is 579. The number of ketones is 1. The van der Waals surface area contributed by atoms with Crippen molar-refractivity contribution in [3.8, 4) is 0 Å². The van der Waals surface area contributed by atoms with Crippen LogP contribution in [0.15, 0.2) is 24.4 Å². The molecule has 3 heteroatoms. The lowest BCUT2D eigenvalue weighted by Crippen LogP contribution is -2.23. The molecular weight excluding hydrogens is 226 g/mol. The summed E-state index contributed by atoms with van der Waals surface area (Å²) in [5.74, 6) is 0.385. The molecule has 0 unspecified atom stereocenters. The van der Waals surface area contributed by atoms with Crippen LogP contribution in [0.5, 0.6) is 0 Å². The van der Waals surface area contributed by atoms with Gasteiger partial charge in [0.2, 0.25) is 0 Å². The number of Topliss-reactive ketones (excluding diaryl/α,β-unsaturated/α-hetero) is 1. The summed E-state index contributed by atoms with van der Waals surface area (Å²) in [7, 11) is 0. The third-order valence-corrected chi connectivity index (χ3v) is 3.77. The maximum Gasteiger partial charge on any atom is 0.168 e. The minimum absolute atomic E-state index is 0.123. The second-order valence-corrected chi connectivity index (χ2v) is 4.95. The first-order chi connectivity index (χ1) is 8.77. The van der Waals surface area contributed by atoms with Gasteiger partial charge in [-0.2, -0.15) is 0 Å². The Labute approximate surface area is 106 Å². The quantitative estimate of drug-likeness (QED) is 0.823. The molecule has 0 amide bonds. The predicted octanol–water partition coefficient (Wildman–Crippen LogP) is 3.09. The molecule has 0 saturated carbocycles. The number of fused-ring (bicyclic) bond motifs is 1. The summed E-state index contributed by atoms with van der Waals surface area (Å²) < 4.78 is 5.32. The molecule has 0 spiro atoms. The van der Waals surface area contributed by atoms with Gasteiger partial charge >= 0.3 is 0 Å². The van der Waals surface area contributed by atoms with Gasteiger partial charge in [-0.3, -0.25) is 4.79 Å². The van der Waals surface area contributed by atoms with Crippen molar-refractivity contribution < 1.29 is 9.53 Å². The molecule has 94 valence electrons. The molecule has 1 N–H and O–H groups in total. The summed E-state index contributed by atoms with van der Waals surface area (Å²) in [6.45, 7) is 3.46. The first-order valence-corrected chi connectivity index (χ1v) is 6.46. The molecule has 1 fully saturated rings. The number of hydrogen-bond donors (Lipinski definition) is 1. The number of aryl methyl sites for hydroxylation is 1. The zero-order valence-electron chi connectivity index (χ0n) is 10.5. The third-order valence-electron chi connectivity index (χ3n) is 3.77. The number of benzene rings is 1. The molecule has 0 radical (unpaired) electrons. The molecule has 0 bridgehead atoms. The van der Waals surface area contributed by atoms with Crippen LogP contribution in [-0.2, 0) is 4.74 Å². The van der Waals surface area contributed by atoms with Crippen molar-refractivity contribution in [3.05, 3.63) is 35.5 Å². The first-order valence-electron chi connectivity index (χ1n) is 6.46. The van der Waals surface area contributed by atoms with Crippen LogP contribution < -0.4 is 0 Å². The van der Waals surface area contributed by atoms with Crippen LogP contribution in [0.4, 0.5) is 0 Å². The van der Waals surface area contributed by atoms with Gasteiger partial charge in [-0.15, -0.1) is 0 Å². The fourth-order valence-corrected chi connectivity index (χ4v) is 2.74. The van der Waals surface area contributed by atoms with Crippen molar-refractivity contribution in [3.63, 3.8) is 0 Å². The molecule has 1 saturated heterocycles. The summed E-state index contributed by atoms with van der Waals surface area (Å²) in [5.41, 5.74) is 3.05. The summed E-state index contributed by atoms with van der Waals surface area (Å²) in [5, 5.41) is 1.08. The van der Waals surface area contributed by atoms with Crippen LogP contribution in [0.1, 0.15) is 28.8 Å². The second-order valence-electron chi connectivity index (χ2n) is 4.95. The van der Waals surface area contributed by atoms with Crippen LogP contribution in [0.25, 0.3) is 10.9 Å². The summed E-state index contributed by atoms with van der Waals surface area (Å²) >= 11 is 0. The number of ether oxygens (including phenoxy) is 1. The average molecular weight is 243 g/mol. The number of hydrogen-bond acceptors (Lipinski definition) is 2. The Balaban J connectivity index is 2.01. The molecule has 2 aromatic rings. The number of carbonyl (C=O) groups is 1. The van der Waals surface area contributed by atoms with E-state index < -0.39 is 0 Å². The lowest BCUT2D eigenvalue weighted by atomic mass is 9.90. The zero-order chi connectivity index (χ0) is 12.5. The minimum Gasteiger partial charge on any atom is -0.381 e. The third kappa shape index (κ3) is 1.85. The van der Waals surface area contributed by atoms with Crippen molar-refractivity contribution in [2.75, 3.05) is 13.2 Å². The van der Waals surface area contributed by atoms with Crippen molar-refractivity contribution in [1.82, 2.24) is 4.98 Å². The number of nitrogens with one attached hydrogen (secondary N) is 1. The van der Waals surface area contributed by atoms with Gasteiger partial charge in [0.25, 0.3) is 0 Å². The van der Waals surface area contributed by atoms with E-state index in [1.54, 1.807) is 0 Å². The molecule has 0 atom stereocenters. The highest BCUT2D eigenvalue weighted by molar-refractivity contribution is 6.09. The monoisotopic (exact) mass is 243 g/mol. The van der Waals surface area contributed by atoms with E-state index in [4.69, 9.17) is 4.74 Å². The number of H-pyrrole nitrogens is 1. The molecule has 3 rings (SSSR count). The van der Waals surface area contributed by atoms with E-state index in [2.05, 4.69) is 18.0 Å². The lowest BCUT2D eigenvalue weighted by molar-refractivity contribution is 0.0546. The summed E-state index contributed by atoms with van der Waals surface area (Å²) in [4.78, 5) is 15.7. The predicted molar refractivity (Wildman–Crippen MR) is 70.9 cm³/mol. The fourth-order valence-electron chi connectivity index (χ4n) is 2.74. The topological polar surface area (TPSA) is 42.1 Å². The highest BCUT2D eigenvalue weighted by Crippen LogP contribution is 2.27. The standard InChI is InChI=1S/C15H17NO2/c1-10-3-2-4-13-14(10)12(9-16-13)15(17)11-5-7-18-8-6-11/h2-4,9,11,16H,5-8H2,1H3.